The van der Waals surface area contributed by atoms with Gasteiger partial charge in [-0.15, -0.1) is 0 Å². The van der Waals surface area contributed by atoms with Gasteiger partial charge in [-0.25, -0.2) is 5.43 Å². The Morgan fingerprint density at radius 2 is 1.70 bits per heavy atom. The highest BCUT2D eigenvalue weighted by atomic mass is 79.9. The van der Waals surface area contributed by atoms with Gasteiger partial charge in [0.15, 0.2) is 6.10 Å². The summed E-state index contributed by atoms with van der Waals surface area (Å²) in [5.41, 5.74) is 3.51. The van der Waals surface area contributed by atoms with E-state index in [2.05, 4.69) is 32.5 Å². The van der Waals surface area contributed by atoms with Crippen molar-refractivity contribution in [2.45, 2.75) is 19.4 Å². The Labute approximate surface area is 183 Å². The zero-order valence-electron chi connectivity index (χ0n) is 16.5. The summed E-state index contributed by atoms with van der Waals surface area (Å²) in [4.78, 5) is 12.6. The van der Waals surface area contributed by atoms with E-state index in [-0.39, 0.29) is 5.91 Å². The molecule has 0 saturated heterocycles. The number of ether oxygens (including phenoxy) is 1. The molecule has 30 heavy (non-hydrogen) atoms. The molecule has 0 fully saturated rings. The van der Waals surface area contributed by atoms with Crippen LogP contribution in [0.1, 0.15) is 18.9 Å². The lowest BCUT2D eigenvalue weighted by Crippen LogP contribution is -2.35. The highest BCUT2D eigenvalue weighted by molar-refractivity contribution is 9.10. The Balaban J connectivity index is 1.45. The van der Waals surface area contributed by atoms with Crippen molar-refractivity contribution >= 4 is 49.6 Å². The molecule has 1 unspecified atom stereocenters. The highest BCUT2D eigenvalue weighted by Gasteiger charge is 2.19. The van der Waals surface area contributed by atoms with Gasteiger partial charge in [0.1, 0.15) is 5.75 Å². The van der Waals surface area contributed by atoms with Gasteiger partial charge in [-0.1, -0.05) is 73.7 Å². The number of fused-ring (bicyclic) bond motifs is 2. The molecule has 1 N–H and O–H groups in total. The molecule has 1 amide bonds. The van der Waals surface area contributed by atoms with Gasteiger partial charge in [0.25, 0.3) is 5.91 Å². The Bertz CT molecular complexity index is 1240. The smallest absolute Gasteiger partial charge is 0.281 e. The van der Waals surface area contributed by atoms with Gasteiger partial charge in [-0.2, -0.15) is 5.10 Å². The van der Waals surface area contributed by atoms with E-state index in [1.807, 2.05) is 79.7 Å². The summed E-state index contributed by atoms with van der Waals surface area (Å²) in [7, 11) is 0. The van der Waals surface area contributed by atoms with E-state index in [1.54, 1.807) is 6.21 Å². The zero-order valence-corrected chi connectivity index (χ0v) is 18.1. The Hall–Kier alpha value is -3.18. The van der Waals surface area contributed by atoms with Gasteiger partial charge in [0.2, 0.25) is 0 Å². The number of hydrazone groups is 1. The second-order valence-corrected chi connectivity index (χ2v) is 7.75. The molecule has 1 atom stereocenters. The third-order valence-corrected chi connectivity index (χ3v) is 5.74. The number of amides is 1. The third kappa shape index (κ3) is 4.36. The van der Waals surface area contributed by atoms with Crippen molar-refractivity contribution in [1.29, 1.82) is 0 Å². The number of halogens is 1. The quantitative estimate of drug-likeness (QED) is 0.280. The van der Waals surface area contributed by atoms with E-state index in [1.165, 1.54) is 5.39 Å². The minimum absolute atomic E-state index is 0.283. The van der Waals surface area contributed by atoms with Gasteiger partial charge in [-0.3, -0.25) is 4.79 Å². The van der Waals surface area contributed by atoms with Crippen molar-refractivity contribution in [3.05, 3.63) is 88.9 Å². The van der Waals surface area contributed by atoms with Crippen molar-refractivity contribution in [3.63, 3.8) is 0 Å². The lowest BCUT2D eigenvalue weighted by Gasteiger charge is -2.17. The predicted octanol–water partition coefficient (Wildman–Crippen LogP) is 6.06. The summed E-state index contributed by atoms with van der Waals surface area (Å²) in [6.45, 7) is 1.91. The molecular formula is C25H21BrN2O2. The summed E-state index contributed by atoms with van der Waals surface area (Å²) in [6, 6.07) is 26.0. The second kappa shape index (κ2) is 9.09. The highest BCUT2D eigenvalue weighted by Crippen LogP contribution is 2.33. The predicted molar refractivity (Wildman–Crippen MR) is 126 cm³/mol. The maximum absolute atomic E-state index is 12.6. The van der Waals surface area contributed by atoms with Gasteiger partial charge in [-0.05, 0) is 61.6 Å². The maximum Gasteiger partial charge on any atom is 0.281 e. The van der Waals surface area contributed by atoms with Crippen LogP contribution in [-0.4, -0.2) is 18.2 Å². The minimum Gasteiger partial charge on any atom is -0.479 e. The van der Waals surface area contributed by atoms with E-state index in [4.69, 9.17) is 4.74 Å². The molecule has 4 rings (SSSR count). The van der Waals surface area contributed by atoms with Gasteiger partial charge in [0, 0.05) is 0 Å². The number of carbonyl (C=O) groups excluding carboxylic acids is 1. The van der Waals surface area contributed by atoms with Crippen LogP contribution in [0.3, 0.4) is 0 Å². The van der Waals surface area contributed by atoms with Gasteiger partial charge < -0.3 is 4.74 Å². The molecule has 0 radical (unpaired) electrons. The molecule has 0 aliphatic heterocycles. The van der Waals surface area contributed by atoms with Crippen molar-refractivity contribution in [2.75, 3.05) is 0 Å². The first-order valence-electron chi connectivity index (χ1n) is 9.81. The molecular weight excluding hydrogens is 440 g/mol. The first-order chi connectivity index (χ1) is 14.7. The van der Waals surface area contributed by atoms with E-state index >= 15 is 0 Å². The molecule has 4 aromatic rings. The van der Waals surface area contributed by atoms with Gasteiger partial charge in [0.05, 0.1) is 10.7 Å². The molecule has 4 aromatic carbocycles. The van der Waals surface area contributed by atoms with Crippen LogP contribution in [0.2, 0.25) is 0 Å². The van der Waals surface area contributed by atoms with E-state index < -0.39 is 6.10 Å². The Kier molecular flexibility index (Phi) is 6.10. The van der Waals surface area contributed by atoms with E-state index in [0.717, 1.165) is 26.2 Å². The number of hydrogen-bond acceptors (Lipinski definition) is 3. The average Bonchev–Trinajstić information content (AvgIpc) is 2.78. The molecule has 0 saturated carbocycles. The molecule has 0 spiro atoms. The standard InChI is InChI=1S/C25H21BrN2O2/c1-2-22(30-23-14-13-19-8-5-6-10-21(19)24(23)26)25(29)28-27-16-17-11-12-18-7-3-4-9-20(18)15-17/h3-16,22H,2H2,1H3,(H,28,29)/b27-16-. The summed E-state index contributed by atoms with van der Waals surface area (Å²) in [6.07, 6.45) is 1.52. The number of nitrogens with zero attached hydrogens (tertiary/aromatic N) is 1. The normalized spacial score (nSPS) is 12.3. The minimum atomic E-state index is -0.642. The largest absolute Gasteiger partial charge is 0.479 e. The van der Waals surface area contributed by atoms with Crippen molar-refractivity contribution < 1.29 is 9.53 Å². The van der Waals surface area contributed by atoms with Crippen molar-refractivity contribution in [3.8, 4) is 5.75 Å². The first-order valence-corrected chi connectivity index (χ1v) is 10.6. The molecule has 0 aliphatic carbocycles. The second-order valence-electron chi connectivity index (χ2n) is 6.95. The van der Waals surface area contributed by atoms with Crippen LogP contribution >= 0.6 is 15.9 Å². The van der Waals surface area contributed by atoms with Crippen LogP contribution in [0.4, 0.5) is 0 Å². The fourth-order valence-electron chi connectivity index (χ4n) is 3.31. The Morgan fingerprint density at radius 3 is 2.50 bits per heavy atom. The topological polar surface area (TPSA) is 50.7 Å². The summed E-state index contributed by atoms with van der Waals surface area (Å²) in [5, 5.41) is 8.56. The SMILES string of the molecule is CCC(Oc1ccc2ccccc2c1Br)C(=O)N/N=C\c1ccc2ccccc2c1. The molecule has 4 nitrogen and oxygen atoms in total. The average molecular weight is 461 g/mol. The fourth-order valence-corrected chi connectivity index (χ4v) is 3.90. The number of nitrogens with one attached hydrogen (secondary N) is 1. The summed E-state index contributed by atoms with van der Waals surface area (Å²) >= 11 is 3.61. The molecule has 0 heterocycles. The summed E-state index contributed by atoms with van der Waals surface area (Å²) in [5.74, 6) is 0.351. The molecule has 0 aliphatic rings. The maximum atomic E-state index is 12.6. The fraction of sp³-hybridized carbons (Fsp3) is 0.120. The molecule has 0 bridgehead atoms. The Morgan fingerprint density at radius 1 is 1.00 bits per heavy atom. The van der Waals surface area contributed by atoms with Crippen LogP contribution in [0.25, 0.3) is 21.5 Å². The van der Waals surface area contributed by atoms with E-state index in [0.29, 0.717) is 12.2 Å². The number of hydrogen-bond donors (Lipinski definition) is 1. The van der Waals surface area contributed by atoms with Crippen LogP contribution in [0.15, 0.2) is 88.4 Å². The molecule has 5 heteroatoms. The van der Waals surface area contributed by atoms with Crippen molar-refractivity contribution in [2.24, 2.45) is 5.10 Å². The number of benzene rings is 4. The number of rotatable bonds is 6. The van der Waals surface area contributed by atoms with Crippen LogP contribution in [0, 0.1) is 0 Å². The zero-order chi connectivity index (χ0) is 20.9. The van der Waals surface area contributed by atoms with Gasteiger partial charge >= 0.3 is 0 Å². The van der Waals surface area contributed by atoms with E-state index in [9.17, 15) is 4.79 Å². The molecule has 150 valence electrons. The number of carbonyl (C=O) groups is 1. The third-order valence-electron chi connectivity index (χ3n) is 4.92. The van der Waals surface area contributed by atoms with Crippen LogP contribution in [-0.2, 0) is 4.79 Å². The lowest BCUT2D eigenvalue weighted by molar-refractivity contribution is -0.128. The monoisotopic (exact) mass is 460 g/mol. The first kappa shape index (κ1) is 20.1. The molecule has 0 aromatic heterocycles. The van der Waals surface area contributed by atoms with Crippen molar-refractivity contribution in [1.82, 2.24) is 5.43 Å². The summed E-state index contributed by atoms with van der Waals surface area (Å²) < 4.78 is 6.83. The van der Waals surface area contributed by atoms with Crippen LogP contribution < -0.4 is 10.2 Å². The van der Waals surface area contributed by atoms with Crippen LogP contribution in [0.5, 0.6) is 5.75 Å². The lowest BCUT2D eigenvalue weighted by atomic mass is 10.1.